The van der Waals surface area contributed by atoms with Crippen molar-refractivity contribution in [3.8, 4) is 34.0 Å². The van der Waals surface area contributed by atoms with Crippen molar-refractivity contribution in [1.29, 1.82) is 0 Å². The Kier molecular flexibility index (Phi) is 9.08. The molecule has 2 atom stereocenters. The minimum absolute atomic E-state index is 0.106. The van der Waals surface area contributed by atoms with E-state index in [1.54, 1.807) is 61.5 Å². The average Bonchev–Trinajstić information content (AvgIpc) is 2.95. The van der Waals surface area contributed by atoms with Crippen LogP contribution in [-0.2, 0) is 16.0 Å². The van der Waals surface area contributed by atoms with Gasteiger partial charge in [0.1, 0.15) is 11.8 Å². The molecule has 0 bridgehead atoms. The lowest BCUT2D eigenvalue weighted by Gasteiger charge is -2.22. The molecule has 11 heteroatoms. The number of carbonyl (C=O) groups excluding carboxylic acids is 1. The summed E-state index contributed by atoms with van der Waals surface area (Å²) in [7, 11) is 1.54. The largest absolute Gasteiger partial charge is 0.497 e. The number of benzene rings is 3. The Morgan fingerprint density at radius 3 is 2.24 bits per heavy atom. The Bertz CT molecular complexity index is 1480. The third-order valence-corrected chi connectivity index (χ3v) is 6.17. The number of halogens is 3. The second kappa shape index (κ2) is 12.7. The Balaban J connectivity index is 1.55. The number of rotatable bonds is 10. The first-order valence-corrected chi connectivity index (χ1v) is 12.7. The van der Waals surface area contributed by atoms with Crippen LogP contribution in [0.25, 0.3) is 22.4 Å². The van der Waals surface area contributed by atoms with Crippen LogP contribution in [0.2, 0.25) is 0 Å². The average molecular weight is 567 g/mol. The number of esters is 1. The fourth-order valence-corrected chi connectivity index (χ4v) is 4.15. The van der Waals surface area contributed by atoms with Gasteiger partial charge in [0.2, 0.25) is 17.9 Å². The summed E-state index contributed by atoms with van der Waals surface area (Å²) < 4.78 is 57.9. The SMILES string of the molecule is CCOC(=O)C(N)Cc1ccc(-c2cc(O[C@H](c3ccc(-c4cccc(OC)c4)cc3)C(F)(F)F)nc(N)n2)cc1. The molecule has 1 unspecified atom stereocenters. The van der Waals surface area contributed by atoms with Gasteiger partial charge in [0.15, 0.2) is 0 Å². The van der Waals surface area contributed by atoms with Gasteiger partial charge >= 0.3 is 12.1 Å². The zero-order chi connectivity index (χ0) is 29.6. The van der Waals surface area contributed by atoms with Crippen LogP contribution in [0.15, 0.2) is 78.9 Å². The van der Waals surface area contributed by atoms with E-state index in [1.165, 1.54) is 25.3 Å². The maximum absolute atomic E-state index is 14.1. The predicted octanol–water partition coefficient (Wildman–Crippen LogP) is 5.52. The second-order valence-electron chi connectivity index (χ2n) is 9.10. The summed E-state index contributed by atoms with van der Waals surface area (Å²) in [5.74, 6) is -0.452. The van der Waals surface area contributed by atoms with Gasteiger partial charge in [-0.3, -0.25) is 4.79 Å². The van der Waals surface area contributed by atoms with Crippen LogP contribution in [-0.4, -0.2) is 41.9 Å². The smallest absolute Gasteiger partial charge is 0.429 e. The van der Waals surface area contributed by atoms with Crippen LogP contribution in [0.4, 0.5) is 19.1 Å². The third-order valence-electron chi connectivity index (χ3n) is 6.17. The molecule has 0 amide bonds. The lowest BCUT2D eigenvalue weighted by atomic mass is 10.0. The molecule has 1 heterocycles. The van der Waals surface area contributed by atoms with E-state index in [9.17, 15) is 18.0 Å². The summed E-state index contributed by atoms with van der Waals surface area (Å²) in [4.78, 5) is 19.8. The normalized spacial score (nSPS) is 12.8. The molecule has 4 rings (SSSR count). The maximum Gasteiger partial charge on any atom is 0.429 e. The highest BCUT2D eigenvalue weighted by Gasteiger charge is 2.43. The Labute approximate surface area is 235 Å². The Morgan fingerprint density at radius 1 is 0.927 bits per heavy atom. The second-order valence-corrected chi connectivity index (χ2v) is 9.10. The van der Waals surface area contributed by atoms with Crippen molar-refractivity contribution in [1.82, 2.24) is 9.97 Å². The molecule has 0 radical (unpaired) electrons. The van der Waals surface area contributed by atoms with Gasteiger partial charge in [0.05, 0.1) is 19.4 Å². The first-order chi connectivity index (χ1) is 19.6. The van der Waals surface area contributed by atoms with Crippen molar-refractivity contribution in [2.24, 2.45) is 5.73 Å². The molecular formula is C30H29F3N4O4. The Morgan fingerprint density at radius 2 is 1.61 bits per heavy atom. The first-order valence-electron chi connectivity index (χ1n) is 12.7. The van der Waals surface area contributed by atoms with Crippen LogP contribution in [0, 0.1) is 0 Å². The first kappa shape index (κ1) is 29.3. The van der Waals surface area contributed by atoms with Gasteiger partial charge in [0.25, 0.3) is 0 Å². The van der Waals surface area contributed by atoms with E-state index in [-0.39, 0.29) is 36.1 Å². The molecule has 0 saturated carbocycles. The van der Waals surface area contributed by atoms with Crippen molar-refractivity contribution in [2.75, 3.05) is 19.5 Å². The molecular weight excluding hydrogens is 537 g/mol. The number of nitrogens with zero attached hydrogens (tertiary/aromatic N) is 2. The van der Waals surface area contributed by atoms with Gasteiger partial charge < -0.3 is 25.7 Å². The molecule has 4 aromatic rings. The molecule has 3 aromatic carbocycles. The number of hydrogen-bond acceptors (Lipinski definition) is 8. The molecule has 214 valence electrons. The van der Waals surface area contributed by atoms with Crippen LogP contribution < -0.4 is 20.9 Å². The number of carbonyl (C=O) groups is 1. The van der Waals surface area contributed by atoms with E-state index < -0.39 is 24.3 Å². The van der Waals surface area contributed by atoms with E-state index in [1.807, 2.05) is 6.07 Å². The van der Waals surface area contributed by atoms with Crippen molar-refractivity contribution >= 4 is 11.9 Å². The van der Waals surface area contributed by atoms with Crippen LogP contribution in [0.5, 0.6) is 11.6 Å². The lowest BCUT2D eigenvalue weighted by molar-refractivity contribution is -0.198. The number of anilines is 1. The predicted molar refractivity (Wildman–Crippen MR) is 148 cm³/mol. The third kappa shape index (κ3) is 7.52. The molecule has 8 nitrogen and oxygen atoms in total. The minimum Gasteiger partial charge on any atom is -0.497 e. The summed E-state index contributed by atoms with van der Waals surface area (Å²) >= 11 is 0. The summed E-state index contributed by atoms with van der Waals surface area (Å²) in [5, 5.41) is 0. The fourth-order valence-electron chi connectivity index (χ4n) is 4.15. The lowest BCUT2D eigenvalue weighted by Crippen LogP contribution is -2.34. The van der Waals surface area contributed by atoms with Gasteiger partial charge in [-0.05, 0) is 42.2 Å². The molecule has 0 aliphatic rings. The summed E-state index contributed by atoms with van der Waals surface area (Å²) in [5.41, 5.74) is 14.7. The monoisotopic (exact) mass is 566 g/mol. The highest BCUT2D eigenvalue weighted by molar-refractivity contribution is 5.76. The van der Waals surface area contributed by atoms with Gasteiger partial charge in [-0.1, -0.05) is 60.7 Å². The van der Waals surface area contributed by atoms with E-state index >= 15 is 0 Å². The molecule has 0 fully saturated rings. The highest BCUT2D eigenvalue weighted by Crippen LogP contribution is 2.38. The van der Waals surface area contributed by atoms with E-state index in [0.717, 1.165) is 11.1 Å². The van der Waals surface area contributed by atoms with E-state index in [2.05, 4.69) is 9.97 Å². The van der Waals surface area contributed by atoms with Gasteiger partial charge in [-0.15, -0.1) is 0 Å². The van der Waals surface area contributed by atoms with Gasteiger partial charge in [-0.25, -0.2) is 4.98 Å². The van der Waals surface area contributed by atoms with Crippen molar-refractivity contribution in [3.05, 3.63) is 90.0 Å². The Hall–Kier alpha value is -4.64. The quantitative estimate of drug-likeness (QED) is 0.241. The zero-order valence-corrected chi connectivity index (χ0v) is 22.4. The molecule has 41 heavy (non-hydrogen) atoms. The van der Waals surface area contributed by atoms with E-state index in [0.29, 0.717) is 16.9 Å². The molecule has 1 aromatic heterocycles. The molecule has 4 N–H and O–H groups in total. The van der Waals surface area contributed by atoms with Crippen molar-refractivity contribution in [2.45, 2.75) is 31.7 Å². The summed E-state index contributed by atoms with van der Waals surface area (Å²) in [6.07, 6.45) is -6.78. The molecule has 0 aliphatic carbocycles. The maximum atomic E-state index is 14.1. The van der Waals surface area contributed by atoms with Gasteiger partial charge in [0, 0.05) is 17.2 Å². The topological polar surface area (TPSA) is 123 Å². The number of ether oxygens (including phenoxy) is 3. The molecule has 0 spiro atoms. The summed E-state index contributed by atoms with van der Waals surface area (Å²) in [6, 6.07) is 20.4. The number of alkyl halides is 3. The number of nitrogen functional groups attached to an aromatic ring is 1. The van der Waals surface area contributed by atoms with E-state index in [4.69, 9.17) is 25.7 Å². The standard InChI is InChI=1S/C30H29F3N4O4/c1-3-40-28(38)24(34)15-18-7-9-20(10-8-18)25-17-26(37-29(35)36-25)41-27(30(31,32)33)21-13-11-19(12-14-21)22-5-4-6-23(16-22)39-2/h4-14,16-17,24,27H,3,15,34H2,1-2H3,(H2,35,36,37)/t24?,27-/m1/s1. The minimum atomic E-state index is -4.74. The van der Waals surface area contributed by atoms with Crippen molar-refractivity contribution < 1.29 is 32.2 Å². The number of methoxy groups -OCH3 is 1. The van der Waals surface area contributed by atoms with Crippen LogP contribution >= 0.6 is 0 Å². The number of nitrogens with two attached hydrogens (primary N) is 2. The number of hydrogen-bond donors (Lipinski definition) is 2. The fraction of sp³-hybridized carbons (Fsp3) is 0.233. The molecule has 0 aliphatic heterocycles. The van der Waals surface area contributed by atoms with Gasteiger partial charge in [-0.2, -0.15) is 18.2 Å². The highest BCUT2D eigenvalue weighted by atomic mass is 19.4. The van der Waals surface area contributed by atoms with Crippen LogP contribution in [0.1, 0.15) is 24.2 Å². The van der Waals surface area contributed by atoms with Crippen molar-refractivity contribution in [3.63, 3.8) is 0 Å². The van der Waals surface area contributed by atoms with Crippen LogP contribution in [0.3, 0.4) is 0 Å². The zero-order valence-electron chi connectivity index (χ0n) is 22.4. The molecule has 0 saturated heterocycles. The number of aromatic nitrogens is 2. The summed E-state index contributed by atoms with van der Waals surface area (Å²) in [6.45, 7) is 1.93.